The molecule has 0 aromatic rings. The lowest BCUT2D eigenvalue weighted by Gasteiger charge is -2.37. The Hall–Kier alpha value is -0.430. The van der Waals surface area contributed by atoms with E-state index in [4.69, 9.17) is 9.29 Å². The molecule has 0 amide bonds. The van der Waals surface area contributed by atoms with Crippen molar-refractivity contribution in [2.24, 2.45) is 0 Å². The number of nitrogens with zero attached hydrogens (tertiary/aromatic N) is 1. The van der Waals surface area contributed by atoms with E-state index < -0.39 is 10.1 Å². The van der Waals surface area contributed by atoms with Crippen LogP contribution in [0.1, 0.15) is 26.7 Å². The molecule has 0 fully saturated rings. The fourth-order valence-corrected chi connectivity index (χ4v) is 2.34. The van der Waals surface area contributed by atoms with Crippen LogP contribution >= 0.6 is 0 Å². The van der Waals surface area contributed by atoms with Crippen LogP contribution in [0.25, 0.3) is 0 Å². The third kappa shape index (κ3) is 7.81. The number of hydrogen-bond acceptors (Lipinski definition) is 3. The summed E-state index contributed by atoms with van der Waals surface area (Å²) < 4.78 is 36.4. The summed E-state index contributed by atoms with van der Waals surface area (Å²) in [6.07, 6.45) is 1.26. The average molecular weight is 280 g/mol. The fraction of sp³-hybridized carbons (Fsp3) is 0.833. The van der Waals surface area contributed by atoms with Gasteiger partial charge < -0.3 is 9.22 Å². The zero-order valence-corrected chi connectivity index (χ0v) is 12.7. The van der Waals surface area contributed by atoms with Crippen LogP contribution in [0.15, 0.2) is 12.2 Å². The van der Waals surface area contributed by atoms with E-state index in [9.17, 15) is 8.42 Å². The number of hydrogen-bond donors (Lipinski definition) is 1. The molecule has 0 spiro atoms. The minimum absolute atomic E-state index is 0.00287. The van der Waals surface area contributed by atoms with Gasteiger partial charge in [-0.25, -0.2) is 0 Å². The molecule has 0 aliphatic rings. The summed E-state index contributed by atoms with van der Waals surface area (Å²) in [5.41, 5.74) is 0.964. The first-order valence-electron chi connectivity index (χ1n) is 6.12. The molecule has 108 valence electrons. The van der Waals surface area contributed by atoms with Crippen molar-refractivity contribution >= 4 is 10.1 Å². The van der Waals surface area contributed by atoms with Gasteiger partial charge in [-0.15, -0.1) is 0 Å². The molecule has 0 saturated heterocycles. The summed E-state index contributed by atoms with van der Waals surface area (Å²) >= 11 is 0. The van der Waals surface area contributed by atoms with E-state index >= 15 is 0 Å². The maximum Gasteiger partial charge on any atom is 0.265 e. The minimum atomic E-state index is -3.87. The van der Waals surface area contributed by atoms with Crippen molar-refractivity contribution < 1.29 is 22.2 Å². The molecule has 0 radical (unpaired) electrons. The molecule has 1 unspecified atom stereocenters. The molecule has 0 aromatic carbocycles. The molecule has 6 heteroatoms. The van der Waals surface area contributed by atoms with E-state index in [1.54, 1.807) is 0 Å². The Kier molecular flexibility index (Phi) is 7.06. The van der Waals surface area contributed by atoms with E-state index in [2.05, 4.69) is 6.58 Å². The Balaban J connectivity index is 4.33. The molecule has 0 saturated carbocycles. The number of ether oxygens (including phenoxy) is 1. The molecule has 0 rings (SSSR count). The van der Waals surface area contributed by atoms with Crippen LogP contribution in [0.2, 0.25) is 0 Å². The van der Waals surface area contributed by atoms with Crippen molar-refractivity contribution in [3.63, 3.8) is 0 Å². The van der Waals surface area contributed by atoms with E-state index in [1.807, 2.05) is 27.9 Å². The average Bonchev–Trinajstić information content (AvgIpc) is 2.14. The molecule has 0 aromatic heterocycles. The Labute approximate surface area is 111 Å². The topological polar surface area (TPSA) is 63.6 Å². The van der Waals surface area contributed by atoms with Crippen molar-refractivity contribution in [1.29, 1.82) is 0 Å². The van der Waals surface area contributed by atoms with E-state index in [0.717, 1.165) is 12.0 Å². The lowest BCUT2D eigenvalue weighted by atomic mass is 10.3. The van der Waals surface area contributed by atoms with Crippen molar-refractivity contribution in [3.05, 3.63) is 12.2 Å². The van der Waals surface area contributed by atoms with Crippen LogP contribution in [0.5, 0.6) is 0 Å². The molecular formula is C12H26NO4S+. The maximum atomic E-state index is 10.7. The summed E-state index contributed by atoms with van der Waals surface area (Å²) in [5.74, 6) is -0.203. The van der Waals surface area contributed by atoms with Gasteiger partial charge in [0.2, 0.25) is 0 Å². The minimum Gasteiger partial charge on any atom is -0.325 e. The lowest BCUT2D eigenvalue weighted by molar-refractivity contribution is -0.937. The van der Waals surface area contributed by atoms with Crippen molar-refractivity contribution in [1.82, 2.24) is 0 Å². The largest absolute Gasteiger partial charge is 0.325 e. The second kappa shape index (κ2) is 7.23. The highest BCUT2D eigenvalue weighted by molar-refractivity contribution is 7.85. The highest BCUT2D eigenvalue weighted by Gasteiger charge is 2.27. The predicted octanol–water partition coefficient (Wildman–Crippen LogP) is 1.67. The van der Waals surface area contributed by atoms with E-state index in [1.165, 1.54) is 0 Å². The normalized spacial score (nSPS) is 14.5. The molecule has 0 bridgehead atoms. The number of quaternary nitrogens is 1. The highest BCUT2D eigenvalue weighted by Crippen LogP contribution is 2.14. The van der Waals surface area contributed by atoms with Gasteiger partial charge in [-0.3, -0.25) is 4.55 Å². The van der Waals surface area contributed by atoms with Gasteiger partial charge in [-0.2, -0.15) is 8.42 Å². The van der Waals surface area contributed by atoms with Gasteiger partial charge in [0.1, 0.15) is 0 Å². The molecule has 1 atom stereocenters. The van der Waals surface area contributed by atoms with E-state index in [-0.39, 0.29) is 12.0 Å². The summed E-state index contributed by atoms with van der Waals surface area (Å²) in [4.78, 5) is 0. The smallest absolute Gasteiger partial charge is 0.265 e. The van der Waals surface area contributed by atoms with Crippen LogP contribution < -0.4 is 0 Å². The maximum absolute atomic E-state index is 10.7. The van der Waals surface area contributed by atoms with Crippen LogP contribution in [0, 0.1) is 0 Å². The Morgan fingerprint density at radius 1 is 1.44 bits per heavy atom. The monoisotopic (exact) mass is 280 g/mol. The van der Waals surface area contributed by atoms with Crippen molar-refractivity contribution in [2.45, 2.75) is 32.9 Å². The van der Waals surface area contributed by atoms with Crippen LogP contribution in [-0.4, -0.2) is 56.7 Å². The Morgan fingerprint density at radius 2 is 2.00 bits per heavy atom. The first-order chi connectivity index (χ1) is 8.08. The standard InChI is InChI=1S/C12H25NO4S/c1-6-12(17-10-11(2)3)13(4,5)8-7-9-18(14,15)16/h12H,2,6-10H2,1,3-5H3/p+1. The Morgan fingerprint density at radius 3 is 2.39 bits per heavy atom. The van der Waals surface area contributed by atoms with Gasteiger partial charge in [0.05, 0.1) is 33.0 Å². The van der Waals surface area contributed by atoms with Gasteiger partial charge in [0, 0.05) is 12.8 Å². The summed E-state index contributed by atoms with van der Waals surface area (Å²) in [7, 11) is 0.124. The van der Waals surface area contributed by atoms with Gasteiger partial charge in [0.25, 0.3) is 10.1 Å². The highest BCUT2D eigenvalue weighted by atomic mass is 32.2. The molecule has 1 N–H and O–H groups in total. The predicted molar refractivity (Wildman–Crippen MR) is 72.9 cm³/mol. The van der Waals surface area contributed by atoms with Gasteiger partial charge >= 0.3 is 0 Å². The second-order valence-electron chi connectivity index (χ2n) is 5.27. The van der Waals surface area contributed by atoms with Gasteiger partial charge in [-0.05, 0) is 6.92 Å². The third-order valence-electron chi connectivity index (χ3n) is 2.79. The first-order valence-corrected chi connectivity index (χ1v) is 7.73. The quantitative estimate of drug-likeness (QED) is 0.302. The molecule has 18 heavy (non-hydrogen) atoms. The number of rotatable bonds is 9. The summed E-state index contributed by atoms with van der Waals surface area (Å²) in [6, 6.07) is 0. The Bertz CT molecular complexity index is 362. The third-order valence-corrected chi connectivity index (χ3v) is 3.59. The lowest BCUT2D eigenvalue weighted by Crippen LogP contribution is -2.51. The van der Waals surface area contributed by atoms with Gasteiger partial charge in [-0.1, -0.05) is 19.1 Å². The summed E-state index contributed by atoms with van der Waals surface area (Å²) in [5, 5.41) is 0. The second-order valence-corrected chi connectivity index (χ2v) is 6.84. The molecule has 0 heterocycles. The molecular weight excluding hydrogens is 254 g/mol. The van der Waals surface area contributed by atoms with Crippen LogP contribution in [-0.2, 0) is 14.9 Å². The zero-order chi connectivity index (χ0) is 14.4. The van der Waals surface area contributed by atoms with Crippen molar-refractivity contribution in [3.8, 4) is 0 Å². The van der Waals surface area contributed by atoms with Crippen LogP contribution in [0.3, 0.4) is 0 Å². The molecule has 5 nitrogen and oxygen atoms in total. The van der Waals surface area contributed by atoms with Crippen LogP contribution in [0.4, 0.5) is 0 Å². The van der Waals surface area contributed by atoms with Gasteiger partial charge in [0.15, 0.2) is 6.23 Å². The fourth-order valence-electron chi connectivity index (χ4n) is 1.85. The first kappa shape index (κ1) is 17.6. The molecule has 0 aliphatic carbocycles. The van der Waals surface area contributed by atoms with Crippen molar-refractivity contribution in [2.75, 3.05) is 33.0 Å². The summed E-state index contributed by atoms with van der Waals surface area (Å²) in [6.45, 7) is 8.88. The van der Waals surface area contributed by atoms with E-state index in [0.29, 0.717) is 24.1 Å². The SMILES string of the molecule is C=C(C)COC(CC)[N+](C)(C)CCCS(=O)(=O)O. The molecule has 0 aliphatic heterocycles. The zero-order valence-electron chi connectivity index (χ0n) is 11.8.